The van der Waals surface area contributed by atoms with Crippen molar-refractivity contribution in [1.29, 1.82) is 0 Å². The maximum absolute atomic E-state index is 12.5. The number of hydrogen-bond acceptors (Lipinski definition) is 4. The highest BCUT2D eigenvalue weighted by Gasteiger charge is 2.32. The molecule has 1 unspecified atom stereocenters. The van der Waals surface area contributed by atoms with Crippen molar-refractivity contribution in [3.63, 3.8) is 0 Å². The molecule has 0 N–H and O–H groups in total. The first kappa shape index (κ1) is 17.7. The van der Waals surface area contributed by atoms with Gasteiger partial charge < -0.3 is 4.74 Å². The van der Waals surface area contributed by atoms with E-state index in [9.17, 15) is 8.42 Å². The molecule has 128 valence electrons. The third-order valence-electron chi connectivity index (χ3n) is 3.75. The first-order chi connectivity index (χ1) is 11.4. The molecule has 24 heavy (non-hydrogen) atoms. The van der Waals surface area contributed by atoms with E-state index in [0.29, 0.717) is 30.4 Å². The molecule has 0 bridgehead atoms. The Morgan fingerprint density at radius 2 is 2.00 bits per heavy atom. The van der Waals surface area contributed by atoms with E-state index < -0.39 is 10.0 Å². The van der Waals surface area contributed by atoms with Gasteiger partial charge in [-0.1, -0.05) is 23.7 Å². The highest BCUT2D eigenvalue weighted by molar-refractivity contribution is 9.10. The van der Waals surface area contributed by atoms with Crippen LogP contribution in [0.15, 0.2) is 47.1 Å². The molecule has 1 aliphatic heterocycles. The Labute approximate surface area is 154 Å². The van der Waals surface area contributed by atoms with Gasteiger partial charge in [0.1, 0.15) is 6.10 Å². The SMILES string of the molecule is O=S(=O)(Cc1ccc(Cl)cc1)N1CCC(Oc2ccc(Br)cn2)C1. The second-order valence-corrected chi connectivity index (χ2v) is 8.90. The van der Waals surface area contributed by atoms with Gasteiger partial charge in [0.25, 0.3) is 0 Å². The van der Waals surface area contributed by atoms with E-state index in [0.717, 1.165) is 10.0 Å². The summed E-state index contributed by atoms with van der Waals surface area (Å²) in [6, 6.07) is 10.5. The summed E-state index contributed by atoms with van der Waals surface area (Å²) in [6.45, 7) is 0.796. The maximum atomic E-state index is 12.5. The zero-order valence-electron chi connectivity index (χ0n) is 12.7. The predicted molar refractivity (Wildman–Crippen MR) is 96.6 cm³/mol. The number of sulfonamides is 1. The number of benzene rings is 1. The van der Waals surface area contributed by atoms with Crippen molar-refractivity contribution in [2.75, 3.05) is 13.1 Å². The molecule has 2 aromatic rings. The lowest BCUT2D eigenvalue weighted by Gasteiger charge is -2.17. The average Bonchev–Trinajstić information content (AvgIpc) is 3.01. The van der Waals surface area contributed by atoms with Crippen molar-refractivity contribution >= 4 is 37.6 Å². The van der Waals surface area contributed by atoms with Gasteiger partial charge in [0.15, 0.2) is 0 Å². The van der Waals surface area contributed by atoms with E-state index in [2.05, 4.69) is 20.9 Å². The van der Waals surface area contributed by atoms with Crippen LogP contribution in [-0.4, -0.2) is 36.9 Å². The fourth-order valence-corrected chi connectivity index (χ4v) is 4.47. The van der Waals surface area contributed by atoms with E-state index in [4.69, 9.17) is 16.3 Å². The quantitative estimate of drug-likeness (QED) is 0.727. The highest BCUT2D eigenvalue weighted by atomic mass is 79.9. The third-order valence-corrected chi connectivity index (χ3v) is 6.29. The van der Waals surface area contributed by atoms with Gasteiger partial charge in [0.05, 0.1) is 12.3 Å². The first-order valence-corrected chi connectivity index (χ1v) is 10.2. The second kappa shape index (κ2) is 7.39. The van der Waals surface area contributed by atoms with E-state index >= 15 is 0 Å². The standard InChI is InChI=1S/C16H16BrClN2O3S/c17-13-3-6-16(19-9-13)23-15-7-8-20(10-15)24(21,22)11-12-1-4-14(18)5-2-12/h1-6,9,15H,7-8,10-11H2. The lowest BCUT2D eigenvalue weighted by atomic mass is 10.2. The molecule has 0 saturated carbocycles. The Kier molecular flexibility index (Phi) is 5.44. The lowest BCUT2D eigenvalue weighted by molar-refractivity contribution is 0.207. The summed E-state index contributed by atoms with van der Waals surface area (Å²) in [4.78, 5) is 4.16. The minimum absolute atomic E-state index is 0.0343. The minimum Gasteiger partial charge on any atom is -0.473 e. The summed E-state index contributed by atoms with van der Waals surface area (Å²) < 4.78 is 33.2. The number of rotatable bonds is 5. The van der Waals surface area contributed by atoms with Crippen LogP contribution in [-0.2, 0) is 15.8 Å². The van der Waals surface area contributed by atoms with Crippen molar-refractivity contribution in [2.24, 2.45) is 0 Å². The molecule has 8 heteroatoms. The molecule has 1 saturated heterocycles. The van der Waals surface area contributed by atoms with E-state index in [1.165, 1.54) is 4.31 Å². The Morgan fingerprint density at radius 1 is 1.25 bits per heavy atom. The number of nitrogens with zero attached hydrogens (tertiary/aromatic N) is 2. The number of hydrogen-bond donors (Lipinski definition) is 0. The summed E-state index contributed by atoms with van der Waals surface area (Å²) in [6.07, 6.45) is 2.12. The maximum Gasteiger partial charge on any atom is 0.218 e. The fraction of sp³-hybridized carbons (Fsp3) is 0.312. The molecule has 0 spiro atoms. The van der Waals surface area contributed by atoms with Crippen LogP contribution in [0.2, 0.25) is 5.02 Å². The summed E-state index contributed by atoms with van der Waals surface area (Å²) in [5, 5.41) is 0.591. The Hall–Kier alpha value is -1.15. The van der Waals surface area contributed by atoms with Crippen LogP contribution < -0.4 is 4.74 Å². The second-order valence-electron chi connectivity index (χ2n) is 5.58. The van der Waals surface area contributed by atoms with Gasteiger partial charge in [-0.2, -0.15) is 4.31 Å². The first-order valence-electron chi connectivity index (χ1n) is 7.43. The predicted octanol–water partition coefficient (Wildman–Crippen LogP) is 3.48. The molecule has 0 amide bonds. The van der Waals surface area contributed by atoms with Crippen molar-refractivity contribution in [3.8, 4) is 5.88 Å². The molecule has 1 aliphatic rings. The summed E-state index contributed by atoms with van der Waals surface area (Å²) >= 11 is 9.15. The molecule has 1 fully saturated rings. The van der Waals surface area contributed by atoms with Gasteiger partial charge in [-0.25, -0.2) is 13.4 Å². The van der Waals surface area contributed by atoms with Crippen LogP contribution in [0.25, 0.3) is 0 Å². The number of pyridine rings is 1. The summed E-state index contributed by atoms with van der Waals surface area (Å²) in [5.41, 5.74) is 0.721. The van der Waals surface area contributed by atoms with Crippen LogP contribution in [0.3, 0.4) is 0 Å². The summed E-state index contributed by atoms with van der Waals surface area (Å²) in [7, 11) is -3.38. The molecule has 1 aromatic heterocycles. The third kappa shape index (κ3) is 4.47. The van der Waals surface area contributed by atoms with Crippen LogP contribution in [0, 0.1) is 0 Å². The van der Waals surface area contributed by atoms with Gasteiger partial charge in [0, 0.05) is 28.3 Å². The molecular formula is C16H16BrClN2O3S. The van der Waals surface area contributed by atoms with Crippen molar-refractivity contribution in [3.05, 3.63) is 57.7 Å². The van der Waals surface area contributed by atoms with Gasteiger partial charge in [-0.05, 0) is 46.1 Å². The number of halogens is 2. The molecule has 1 atom stereocenters. The monoisotopic (exact) mass is 430 g/mol. The topological polar surface area (TPSA) is 59.5 Å². The normalized spacial score (nSPS) is 18.7. The fourth-order valence-electron chi connectivity index (χ4n) is 2.53. The van der Waals surface area contributed by atoms with Gasteiger partial charge >= 0.3 is 0 Å². The minimum atomic E-state index is -3.38. The van der Waals surface area contributed by atoms with Gasteiger partial charge in [-0.3, -0.25) is 0 Å². The Balaban J connectivity index is 1.61. The van der Waals surface area contributed by atoms with Crippen molar-refractivity contribution in [1.82, 2.24) is 9.29 Å². The van der Waals surface area contributed by atoms with Crippen LogP contribution >= 0.6 is 27.5 Å². The number of aromatic nitrogens is 1. The van der Waals surface area contributed by atoms with Crippen LogP contribution in [0.1, 0.15) is 12.0 Å². The molecule has 2 heterocycles. The zero-order valence-corrected chi connectivity index (χ0v) is 15.9. The van der Waals surface area contributed by atoms with Crippen LogP contribution in [0.5, 0.6) is 5.88 Å². The largest absolute Gasteiger partial charge is 0.473 e. The molecule has 5 nitrogen and oxygen atoms in total. The Morgan fingerprint density at radius 3 is 2.67 bits per heavy atom. The average molecular weight is 432 g/mol. The smallest absolute Gasteiger partial charge is 0.218 e. The van der Waals surface area contributed by atoms with Crippen molar-refractivity contribution in [2.45, 2.75) is 18.3 Å². The van der Waals surface area contributed by atoms with E-state index in [-0.39, 0.29) is 11.9 Å². The van der Waals surface area contributed by atoms with E-state index in [1.807, 2.05) is 6.07 Å². The number of ether oxygens (including phenoxy) is 1. The Bertz CT molecular complexity index is 797. The van der Waals surface area contributed by atoms with Gasteiger partial charge in [0.2, 0.25) is 15.9 Å². The molecule has 0 radical (unpaired) electrons. The zero-order chi connectivity index (χ0) is 17.2. The molecule has 1 aromatic carbocycles. The molecule has 3 rings (SSSR count). The van der Waals surface area contributed by atoms with Gasteiger partial charge in [-0.15, -0.1) is 0 Å². The van der Waals surface area contributed by atoms with Crippen molar-refractivity contribution < 1.29 is 13.2 Å². The molecule has 0 aliphatic carbocycles. The summed E-state index contributed by atoms with van der Waals surface area (Å²) in [5.74, 6) is 0.466. The van der Waals surface area contributed by atoms with Crippen LogP contribution in [0.4, 0.5) is 0 Å². The van der Waals surface area contributed by atoms with E-state index in [1.54, 1.807) is 36.5 Å². The lowest BCUT2D eigenvalue weighted by Crippen LogP contribution is -2.32. The highest BCUT2D eigenvalue weighted by Crippen LogP contribution is 2.22. The molecular weight excluding hydrogens is 416 g/mol.